The summed E-state index contributed by atoms with van der Waals surface area (Å²) in [4.78, 5) is 11.2. The number of nitrogens with zero attached hydrogens (tertiary/aromatic N) is 4. The van der Waals surface area contributed by atoms with Crippen LogP contribution < -0.4 is 5.32 Å². The highest BCUT2D eigenvalue weighted by Crippen LogP contribution is 2.28. The average Bonchev–Trinajstić information content (AvgIpc) is 2.99. The van der Waals surface area contributed by atoms with Gasteiger partial charge in [0, 0.05) is 43.6 Å². The van der Waals surface area contributed by atoms with Gasteiger partial charge in [-0.1, -0.05) is 5.16 Å². The molecule has 1 N–H and O–H groups in total. The third-order valence-corrected chi connectivity index (χ3v) is 4.02. The van der Waals surface area contributed by atoms with Crippen LogP contribution in [0.25, 0.3) is 11.5 Å². The SMILES string of the molecule is Cc1cc(-c2nc(C(C)(C)N3CCNCC3)no2)ccn1. The largest absolute Gasteiger partial charge is 0.334 e. The highest BCUT2D eigenvalue weighted by Gasteiger charge is 2.34. The van der Waals surface area contributed by atoms with Gasteiger partial charge in [0.25, 0.3) is 5.89 Å². The summed E-state index contributed by atoms with van der Waals surface area (Å²) in [5, 5.41) is 7.56. The van der Waals surface area contributed by atoms with Crippen LogP contribution in [0.5, 0.6) is 0 Å². The van der Waals surface area contributed by atoms with Gasteiger partial charge < -0.3 is 9.84 Å². The number of rotatable bonds is 3. The normalized spacial score (nSPS) is 17.1. The van der Waals surface area contributed by atoms with Crippen molar-refractivity contribution in [2.24, 2.45) is 0 Å². The van der Waals surface area contributed by atoms with E-state index in [2.05, 4.69) is 39.2 Å². The predicted molar refractivity (Wildman–Crippen MR) is 79.7 cm³/mol. The van der Waals surface area contributed by atoms with Gasteiger partial charge in [0.05, 0.1) is 5.54 Å². The fraction of sp³-hybridized carbons (Fsp3) is 0.533. The monoisotopic (exact) mass is 287 g/mol. The summed E-state index contributed by atoms with van der Waals surface area (Å²) in [6, 6.07) is 3.84. The molecule has 6 nitrogen and oxygen atoms in total. The van der Waals surface area contributed by atoms with Crippen LogP contribution in [-0.4, -0.2) is 46.2 Å². The second-order valence-electron chi connectivity index (χ2n) is 5.91. The number of aryl methyl sites for hydroxylation is 1. The van der Waals surface area contributed by atoms with E-state index in [1.807, 2.05) is 19.1 Å². The third-order valence-electron chi connectivity index (χ3n) is 4.02. The smallest absolute Gasteiger partial charge is 0.258 e. The number of aromatic nitrogens is 3. The maximum absolute atomic E-state index is 5.45. The molecule has 0 atom stereocenters. The Morgan fingerprint density at radius 1 is 1.29 bits per heavy atom. The van der Waals surface area contributed by atoms with E-state index in [-0.39, 0.29) is 5.54 Å². The second-order valence-corrected chi connectivity index (χ2v) is 5.91. The van der Waals surface area contributed by atoms with E-state index < -0.39 is 0 Å². The van der Waals surface area contributed by atoms with Crippen molar-refractivity contribution >= 4 is 0 Å². The number of pyridine rings is 1. The molecular weight excluding hydrogens is 266 g/mol. The molecule has 1 fully saturated rings. The molecule has 1 saturated heterocycles. The summed E-state index contributed by atoms with van der Waals surface area (Å²) in [5.74, 6) is 1.28. The fourth-order valence-electron chi connectivity index (χ4n) is 2.63. The molecule has 1 aliphatic rings. The highest BCUT2D eigenvalue weighted by atomic mass is 16.5. The van der Waals surface area contributed by atoms with E-state index in [0.717, 1.165) is 43.3 Å². The molecule has 0 amide bonds. The molecule has 2 aromatic heterocycles. The van der Waals surface area contributed by atoms with Gasteiger partial charge in [-0.05, 0) is 32.9 Å². The highest BCUT2D eigenvalue weighted by molar-refractivity contribution is 5.52. The number of hydrogen-bond donors (Lipinski definition) is 1. The molecular formula is C15H21N5O. The molecule has 21 heavy (non-hydrogen) atoms. The Kier molecular flexibility index (Phi) is 3.73. The first-order valence-corrected chi connectivity index (χ1v) is 7.30. The van der Waals surface area contributed by atoms with Gasteiger partial charge >= 0.3 is 0 Å². The van der Waals surface area contributed by atoms with E-state index in [9.17, 15) is 0 Å². The van der Waals surface area contributed by atoms with Gasteiger partial charge in [-0.3, -0.25) is 9.88 Å². The first kappa shape index (κ1) is 14.2. The van der Waals surface area contributed by atoms with Crippen molar-refractivity contribution in [1.29, 1.82) is 0 Å². The molecule has 3 heterocycles. The molecule has 0 aromatic carbocycles. The minimum absolute atomic E-state index is 0.230. The number of nitrogens with one attached hydrogen (secondary N) is 1. The van der Waals surface area contributed by atoms with Gasteiger partial charge in [0.1, 0.15) is 0 Å². The zero-order chi connectivity index (χ0) is 14.9. The molecule has 0 bridgehead atoms. The zero-order valence-electron chi connectivity index (χ0n) is 12.8. The minimum atomic E-state index is -0.230. The van der Waals surface area contributed by atoms with Crippen LogP contribution in [0.1, 0.15) is 25.4 Å². The van der Waals surface area contributed by atoms with Gasteiger partial charge in [-0.2, -0.15) is 4.98 Å². The van der Waals surface area contributed by atoms with E-state index in [1.165, 1.54) is 0 Å². The maximum Gasteiger partial charge on any atom is 0.258 e. The maximum atomic E-state index is 5.45. The van der Waals surface area contributed by atoms with Gasteiger partial charge in [0.2, 0.25) is 0 Å². The van der Waals surface area contributed by atoms with Crippen LogP contribution in [-0.2, 0) is 5.54 Å². The fourth-order valence-corrected chi connectivity index (χ4v) is 2.63. The summed E-state index contributed by atoms with van der Waals surface area (Å²) < 4.78 is 5.45. The topological polar surface area (TPSA) is 67.1 Å². The predicted octanol–water partition coefficient (Wildman–Crippen LogP) is 1.58. The summed E-state index contributed by atoms with van der Waals surface area (Å²) in [6.07, 6.45) is 1.76. The van der Waals surface area contributed by atoms with Gasteiger partial charge in [-0.25, -0.2) is 0 Å². The van der Waals surface area contributed by atoms with E-state index in [0.29, 0.717) is 5.89 Å². The van der Waals surface area contributed by atoms with Crippen molar-refractivity contribution in [2.75, 3.05) is 26.2 Å². The molecule has 3 rings (SSSR count). The van der Waals surface area contributed by atoms with Gasteiger partial charge in [0.15, 0.2) is 5.82 Å². The lowest BCUT2D eigenvalue weighted by molar-refractivity contribution is 0.0925. The van der Waals surface area contributed by atoms with E-state index in [4.69, 9.17) is 4.52 Å². The Morgan fingerprint density at radius 2 is 2.05 bits per heavy atom. The van der Waals surface area contributed by atoms with Crippen molar-refractivity contribution in [3.63, 3.8) is 0 Å². The van der Waals surface area contributed by atoms with Crippen LogP contribution in [0.15, 0.2) is 22.9 Å². The Morgan fingerprint density at radius 3 is 2.76 bits per heavy atom. The van der Waals surface area contributed by atoms with Crippen LogP contribution in [0.4, 0.5) is 0 Å². The third kappa shape index (κ3) is 2.82. The summed E-state index contributed by atoms with van der Waals surface area (Å²) in [6.45, 7) is 10.2. The zero-order valence-corrected chi connectivity index (χ0v) is 12.8. The van der Waals surface area contributed by atoms with Crippen LogP contribution >= 0.6 is 0 Å². The summed E-state index contributed by atoms with van der Waals surface area (Å²) in [7, 11) is 0. The lowest BCUT2D eigenvalue weighted by Gasteiger charge is -2.38. The van der Waals surface area contributed by atoms with Crippen LogP contribution in [0.3, 0.4) is 0 Å². The number of hydrogen-bond acceptors (Lipinski definition) is 6. The lowest BCUT2D eigenvalue weighted by Crippen LogP contribution is -2.52. The Labute approximate surface area is 124 Å². The molecule has 0 radical (unpaired) electrons. The summed E-state index contributed by atoms with van der Waals surface area (Å²) in [5.41, 5.74) is 1.62. The van der Waals surface area contributed by atoms with Crippen molar-refractivity contribution in [1.82, 2.24) is 25.3 Å². The van der Waals surface area contributed by atoms with Crippen molar-refractivity contribution < 1.29 is 4.52 Å². The van der Waals surface area contributed by atoms with E-state index in [1.54, 1.807) is 6.20 Å². The quantitative estimate of drug-likeness (QED) is 0.924. The van der Waals surface area contributed by atoms with Crippen LogP contribution in [0, 0.1) is 6.92 Å². The van der Waals surface area contributed by atoms with Crippen molar-refractivity contribution in [2.45, 2.75) is 26.3 Å². The van der Waals surface area contributed by atoms with Crippen molar-refractivity contribution in [3.05, 3.63) is 29.8 Å². The average molecular weight is 287 g/mol. The minimum Gasteiger partial charge on any atom is -0.334 e. The summed E-state index contributed by atoms with van der Waals surface area (Å²) >= 11 is 0. The molecule has 0 spiro atoms. The Balaban J connectivity index is 1.86. The molecule has 0 aliphatic carbocycles. The number of piperazine rings is 1. The molecule has 112 valence electrons. The first-order valence-electron chi connectivity index (χ1n) is 7.30. The standard InChI is InChI=1S/C15H21N5O/c1-11-10-12(4-5-17-11)13-18-14(19-21-13)15(2,3)20-8-6-16-7-9-20/h4-5,10,16H,6-9H2,1-3H3. The lowest BCUT2D eigenvalue weighted by atomic mass is 10.0. The second kappa shape index (κ2) is 5.54. The Bertz CT molecular complexity index is 616. The van der Waals surface area contributed by atoms with Crippen LogP contribution in [0.2, 0.25) is 0 Å². The molecule has 0 saturated carbocycles. The van der Waals surface area contributed by atoms with E-state index >= 15 is 0 Å². The molecule has 1 aliphatic heterocycles. The van der Waals surface area contributed by atoms with Crippen molar-refractivity contribution in [3.8, 4) is 11.5 Å². The molecule has 2 aromatic rings. The molecule has 6 heteroatoms. The molecule has 0 unspecified atom stereocenters. The first-order chi connectivity index (χ1) is 10.1. The Hall–Kier alpha value is -1.79. The van der Waals surface area contributed by atoms with Gasteiger partial charge in [-0.15, -0.1) is 0 Å².